The lowest BCUT2D eigenvalue weighted by Crippen LogP contribution is -2.38. The van der Waals surface area contributed by atoms with Crippen LogP contribution in [0.15, 0.2) is 23.6 Å². The van der Waals surface area contributed by atoms with Crippen LogP contribution in [0.1, 0.15) is 36.3 Å². The highest BCUT2D eigenvalue weighted by atomic mass is 35.5. The van der Waals surface area contributed by atoms with Gasteiger partial charge in [0.1, 0.15) is 0 Å². The van der Waals surface area contributed by atoms with Crippen molar-refractivity contribution < 1.29 is 9.72 Å². The largest absolute Gasteiger partial charge is 0.298 e. The Bertz CT molecular complexity index is 847. The summed E-state index contributed by atoms with van der Waals surface area (Å²) >= 11 is 7.36. The molecule has 144 valence electrons. The van der Waals surface area contributed by atoms with E-state index >= 15 is 0 Å². The summed E-state index contributed by atoms with van der Waals surface area (Å²) in [5.41, 5.74) is 0.946. The molecule has 1 amide bonds. The van der Waals surface area contributed by atoms with Crippen molar-refractivity contribution in [2.75, 3.05) is 18.4 Å². The summed E-state index contributed by atoms with van der Waals surface area (Å²) in [6.07, 6.45) is 1.25. The first-order valence-corrected chi connectivity index (χ1v) is 9.99. The Morgan fingerprint density at radius 3 is 2.74 bits per heavy atom. The number of nitro benzene ring substituents is 1. The molecule has 1 saturated heterocycles. The first-order chi connectivity index (χ1) is 12.8. The van der Waals surface area contributed by atoms with Crippen molar-refractivity contribution >= 4 is 39.7 Å². The van der Waals surface area contributed by atoms with Gasteiger partial charge in [0.25, 0.3) is 11.6 Å². The molecule has 1 aliphatic heterocycles. The zero-order valence-electron chi connectivity index (χ0n) is 15.1. The maximum Gasteiger partial charge on any atom is 0.270 e. The van der Waals surface area contributed by atoms with Gasteiger partial charge in [0, 0.05) is 37.1 Å². The van der Waals surface area contributed by atoms with E-state index in [-0.39, 0.29) is 16.3 Å². The molecule has 0 unspecified atom stereocenters. The fourth-order valence-corrected chi connectivity index (χ4v) is 4.51. The summed E-state index contributed by atoms with van der Waals surface area (Å²) in [6.45, 7) is 7.41. The number of amides is 1. The molecule has 1 fully saturated rings. The van der Waals surface area contributed by atoms with Gasteiger partial charge in [0.05, 0.1) is 21.2 Å². The van der Waals surface area contributed by atoms with E-state index in [1.807, 2.05) is 5.38 Å². The lowest BCUT2D eigenvalue weighted by Gasteiger charge is -2.34. The molecule has 27 heavy (non-hydrogen) atoms. The Morgan fingerprint density at radius 1 is 1.41 bits per heavy atom. The van der Waals surface area contributed by atoms with Crippen molar-refractivity contribution in [1.29, 1.82) is 0 Å². The van der Waals surface area contributed by atoms with Crippen molar-refractivity contribution in [1.82, 2.24) is 9.88 Å². The van der Waals surface area contributed by atoms with E-state index in [1.165, 1.54) is 36.0 Å². The first kappa shape index (κ1) is 19.7. The van der Waals surface area contributed by atoms with E-state index in [0.717, 1.165) is 25.3 Å². The lowest BCUT2D eigenvalue weighted by molar-refractivity contribution is -0.384. The molecule has 1 N–H and O–H groups in total. The summed E-state index contributed by atoms with van der Waals surface area (Å²) < 4.78 is 0. The minimum absolute atomic E-state index is 0.0368. The normalized spacial score (nSPS) is 20.4. The summed E-state index contributed by atoms with van der Waals surface area (Å²) in [5, 5.41) is 16.0. The molecule has 0 aliphatic carbocycles. The van der Waals surface area contributed by atoms with Gasteiger partial charge in [0.15, 0.2) is 5.13 Å². The predicted octanol–water partition coefficient (Wildman–Crippen LogP) is 4.43. The number of rotatable bonds is 5. The van der Waals surface area contributed by atoms with Crippen molar-refractivity contribution in [3.05, 3.63) is 50.0 Å². The predicted molar refractivity (Wildman–Crippen MR) is 106 cm³/mol. The van der Waals surface area contributed by atoms with E-state index in [2.05, 4.69) is 29.0 Å². The van der Waals surface area contributed by atoms with Gasteiger partial charge in [-0.25, -0.2) is 4.98 Å². The number of likely N-dealkylation sites (tertiary alicyclic amines) is 1. The first-order valence-electron chi connectivity index (χ1n) is 8.74. The number of nitrogens with zero attached hydrogens (tertiary/aromatic N) is 3. The second-order valence-electron chi connectivity index (χ2n) is 7.16. The molecule has 0 saturated carbocycles. The molecule has 3 rings (SSSR count). The molecule has 1 aliphatic rings. The Kier molecular flexibility index (Phi) is 6.08. The molecule has 0 radical (unpaired) electrons. The van der Waals surface area contributed by atoms with Gasteiger partial charge in [-0.15, -0.1) is 11.3 Å². The average molecular weight is 409 g/mol. The number of nitro groups is 1. The molecule has 9 heteroatoms. The summed E-state index contributed by atoms with van der Waals surface area (Å²) in [6, 6.07) is 3.77. The number of halogens is 1. The molecule has 1 aromatic carbocycles. The van der Waals surface area contributed by atoms with Crippen LogP contribution in [0.4, 0.5) is 10.8 Å². The molecule has 0 bridgehead atoms. The quantitative estimate of drug-likeness (QED) is 0.583. The van der Waals surface area contributed by atoms with Crippen molar-refractivity contribution in [3.8, 4) is 0 Å². The fraction of sp³-hybridized carbons (Fsp3) is 0.444. The third kappa shape index (κ3) is 5.03. The molecular formula is C18H21ClN4O3S. The molecule has 2 aromatic rings. The molecule has 2 heterocycles. The maximum atomic E-state index is 12.4. The Morgan fingerprint density at radius 2 is 2.11 bits per heavy atom. The zero-order valence-corrected chi connectivity index (χ0v) is 16.7. The molecule has 2 atom stereocenters. The van der Waals surface area contributed by atoms with Gasteiger partial charge in [-0.1, -0.05) is 25.4 Å². The number of non-ortho nitro benzene ring substituents is 1. The number of hydrogen-bond acceptors (Lipinski definition) is 6. The van der Waals surface area contributed by atoms with Crippen LogP contribution < -0.4 is 5.32 Å². The number of carbonyl (C=O) groups excluding carboxylic acids is 1. The fourth-order valence-electron chi connectivity index (χ4n) is 3.55. The van der Waals surface area contributed by atoms with E-state index in [9.17, 15) is 14.9 Å². The van der Waals surface area contributed by atoms with E-state index in [4.69, 9.17) is 11.6 Å². The topological polar surface area (TPSA) is 88.4 Å². The number of thiazole rings is 1. The van der Waals surface area contributed by atoms with Crippen molar-refractivity contribution in [2.24, 2.45) is 11.8 Å². The summed E-state index contributed by atoms with van der Waals surface area (Å²) in [4.78, 5) is 29.5. The third-order valence-corrected chi connectivity index (χ3v) is 5.63. The molecule has 1 aromatic heterocycles. The molecular weight excluding hydrogens is 388 g/mol. The number of benzene rings is 1. The minimum atomic E-state index is -0.553. The second kappa shape index (κ2) is 8.33. The number of piperidine rings is 1. The van der Waals surface area contributed by atoms with Gasteiger partial charge in [-0.05, 0) is 24.3 Å². The number of hydrogen-bond donors (Lipinski definition) is 1. The van der Waals surface area contributed by atoms with Crippen LogP contribution in [0, 0.1) is 22.0 Å². The van der Waals surface area contributed by atoms with Gasteiger partial charge in [-0.3, -0.25) is 25.1 Å². The highest BCUT2D eigenvalue weighted by Gasteiger charge is 2.22. The van der Waals surface area contributed by atoms with Crippen molar-refractivity contribution in [3.63, 3.8) is 0 Å². The highest BCUT2D eigenvalue weighted by molar-refractivity contribution is 7.14. The van der Waals surface area contributed by atoms with Crippen LogP contribution in [0.25, 0.3) is 0 Å². The minimum Gasteiger partial charge on any atom is -0.298 e. The monoisotopic (exact) mass is 408 g/mol. The number of aromatic nitrogens is 1. The van der Waals surface area contributed by atoms with Crippen molar-refractivity contribution in [2.45, 2.75) is 26.8 Å². The Hall–Kier alpha value is -2.03. The summed E-state index contributed by atoms with van der Waals surface area (Å²) in [7, 11) is 0. The van der Waals surface area contributed by atoms with Crippen LogP contribution in [-0.4, -0.2) is 33.8 Å². The summed E-state index contributed by atoms with van der Waals surface area (Å²) in [5.74, 6) is 0.919. The number of nitrogens with one attached hydrogen (secondary N) is 1. The van der Waals surface area contributed by atoms with Crippen LogP contribution >= 0.6 is 22.9 Å². The molecule has 7 nitrogen and oxygen atoms in total. The van der Waals surface area contributed by atoms with Crippen LogP contribution in [-0.2, 0) is 6.54 Å². The number of anilines is 1. The van der Waals surface area contributed by atoms with Crippen LogP contribution in [0.5, 0.6) is 0 Å². The lowest BCUT2D eigenvalue weighted by atomic mass is 9.92. The maximum absolute atomic E-state index is 12.4. The number of carbonyl (C=O) groups is 1. The second-order valence-corrected chi connectivity index (χ2v) is 8.42. The zero-order chi connectivity index (χ0) is 19.6. The van der Waals surface area contributed by atoms with E-state index < -0.39 is 10.8 Å². The van der Waals surface area contributed by atoms with E-state index in [1.54, 1.807) is 0 Å². The third-order valence-electron chi connectivity index (χ3n) is 4.51. The van der Waals surface area contributed by atoms with Gasteiger partial charge in [-0.2, -0.15) is 0 Å². The van der Waals surface area contributed by atoms with Gasteiger partial charge in [0.2, 0.25) is 0 Å². The smallest absolute Gasteiger partial charge is 0.270 e. The van der Waals surface area contributed by atoms with Crippen LogP contribution in [0.3, 0.4) is 0 Å². The Labute approximate surface area is 166 Å². The highest BCUT2D eigenvalue weighted by Crippen LogP contribution is 2.26. The van der Waals surface area contributed by atoms with Gasteiger partial charge >= 0.3 is 0 Å². The standard InChI is InChI=1S/C18H21ClN4O3S/c1-11-5-12(2)8-22(7-11)9-13-10-27-18(20-13)21-17(24)15-4-3-14(23(25)26)6-16(15)19/h3-4,6,10-12H,5,7-9H2,1-2H3,(H,20,21,24)/t11-,12-/m1/s1. The Balaban J connectivity index is 1.63. The SMILES string of the molecule is C[C@@H]1C[C@@H](C)CN(Cc2csc(NC(=O)c3ccc([N+](=O)[O-])cc3Cl)n2)C1. The van der Waals surface area contributed by atoms with Crippen LogP contribution in [0.2, 0.25) is 5.02 Å². The molecule has 0 spiro atoms. The van der Waals surface area contributed by atoms with Gasteiger partial charge < -0.3 is 0 Å². The van der Waals surface area contributed by atoms with E-state index in [0.29, 0.717) is 17.0 Å². The average Bonchev–Trinajstić information content (AvgIpc) is 3.00.